The summed E-state index contributed by atoms with van der Waals surface area (Å²) >= 11 is 0. The van der Waals surface area contributed by atoms with Crippen LogP contribution in [0.5, 0.6) is 0 Å². The van der Waals surface area contributed by atoms with Crippen LogP contribution in [0.25, 0.3) is 0 Å². The first kappa shape index (κ1) is 14.0. The van der Waals surface area contributed by atoms with Gasteiger partial charge in [0.2, 0.25) is 0 Å². The molecule has 2 aliphatic rings. The molecule has 1 aromatic heterocycles. The van der Waals surface area contributed by atoms with Crippen molar-refractivity contribution < 1.29 is 0 Å². The highest BCUT2D eigenvalue weighted by Gasteiger charge is 2.50. The molecular formula is C17H27BN2. The minimum atomic E-state index is 0.351. The molecule has 0 aliphatic carbocycles. The van der Waals surface area contributed by atoms with Crippen LogP contribution in [-0.4, -0.2) is 24.8 Å². The lowest BCUT2D eigenvalue weighted by molar-refractivity contribution is 0.278. The number of pyridine rings is 1. The highest BCUT2D eigenvalue weighted by Crippen LogP contribution is 2.56. The molecule has 2 nitrogen and oxygen atoms in total. The lowest BCUT2D eigenvalue weighted by atomic mass is 9.30. The van der Waals surface area contributed by atoms with Crippen LogP contribution >= 0.6 is 0 Å². The van der Waals surface area contributed by atoms with Gasteiger partial charge in [0.1, 0.15) is 5.82 Å². The number of aromatic nitrogens is 1. The standard InChI is InChI=1S/C17H27BN2/c1-16(2)9-10-18(17(16,3)4)14-7-8-15(19-13-14)20-11-5-6-12-20/h7-8,13H,5-6,9-12H2,1-4H3. The Balaban J connectivity index is 1.81. The van der Waals surface area contributed by atoms with Gasteiger partial charge in [-0.15, -0.1) is 0 Å². The number of nitrogens with zero attached hydrogens (tertiary/aromatic N) is 2. The summed E-state index contributed by atoms with van der Waals surface area (Å²) in [4.78, 5) is 7.15. The molecule has 0 N–H and O–H groups in total. The van der Waals surface area contributed by atoms with E-state index in [0.29, 0.717) is 17.4 Å². The van der Waals surface area contributed by atoms with E-state index in [1.54, 1.807) is 0 Å². The Kier molecular flexibility index (Phi) is 3.34. The van der Waals surface area contributed by atoms with Crippen molar-refractivity contribution in [3.8, 4) is 0 Å². The van der Waals surface area contributed by atoms with Gasteiger partial charge in [-0.25, -0.2) is 4.98 Å². The van der Waals surface area contributed by atoms with Crippen LogP contribution in [0.2, 0.25) is 11.6 Å². The summed E-state index contributed by atoms with van der Waals surface area (Å²) in [7, 11) is 0. The zero-order valence-corrected chi connectivity index (χ0v) is 13.4. The summed E-state index contributed by atoms with van der Waals surface area (Å²) < 4.78 is 0. The smallest absolute Gasteiger partial charge is 0.184 e. The molecule has 0 spiro atoms. The zero-order chi connectivity index (χ0) is 14.4. The maximum Gasteiger partial charge on any atom is 0.184 e. The van der Waals surface area contributed by atoms with Gasteiger partial charge in [-0.2, -0.15) is 0 Å². The lowest BCUT2D eigenvalue weighted by Gasteiger charge is -2.38. The molecule has 3 heteroatoms. The Hall–Kier alpha value is -0.985. The van der Waals surface area contributed by atoms with Crippen molar-refractivity contribution in [3.63, 3.8) is 0 Å². The van der Waals surface area contributed by atoms with Gasteiger partial charge in [-0.1, -0.05) is 52.0 Å². The highest BCUT2D eigenvalue weighted by atomic mass is 15.2. The fourth-order valence-corrected chi connectivity index (χ4v) is 3.98. The molecule has 3 rings (SSSR count). The van der Waals surface area contributed by atoms with Gasteiger partial charge >= 0.3 is 0 Å². The van der Waals surface area contributed by atoms with E-state index in [4.69, 9.17) is 4.98 Å². The second kappa shape index (κ2) is 4.78. The first-order chi connectivity index (χ1) is 9.42. The number of anilines is 1. The molecule has 2 aliphatic heterocycles. The number of hydrogen-bond acceptors (Lipinski definition) is 2. The second-order valence-electron chi connectivity index (χ2n) is 7.84. The van der Waals surface area contributed by atoms with Crippen LogP contribution in [0.1, 0.15) is 47.0 Å². The van der Waals surface area contributed by atoms with Crippen molar-refractivity contribution in [2.24, 2.45) is 5.41 Å². The van der Waals surface area contributed by atoms with Crippen LogP contribution in [0.4, 0.5) is 5.82 Å². The summed E-state index contributed by atoms with van der Waals surface area (Å²) in [6.45, 7) is 12.7. The van der Waals surface area contributed by atoms with Gasteiger partial charge in [-0.05, 0) is 29.6 Å². The van der Waals surface area contributed by atoms with E-state index < -0.39 is 0 Å². The van der Waals surface area contributed by atoms with Gasteiger partial charge in [0.15, 0.2) is 6.71 Å². The molecule has 2 fully saturated rings. The largest absolute Gasteiger partial charge is 0.357 e. The molecule has 108 valence electrons. The number of hydrogen-bond donors (Lipinski definition) is 0. The average Bonchev–Trinajstić information content (AvgIpc) is 2.99. The molecule has 3 heterocycles. The topological polar surface area (TPSA) is 16.1 Å². The van der Waals surface area contributed by atoms with Crippen LogP contribution in [0.3, 0.4) is 0 Å². The van der Waals surface area contributed by atoms with Gasteiger partial charge in [0.05, 0.1) is 0 Å². The van der Waals surface area contributed by atoms with Crippen LogP contribution in [0, 0.1) is 5.41 Å². The summed E-state index contributed by atoms with van der Waals surface area (Å²) in [6, 6.07) is 4.57. The van der Waals surface area contributed by atoms with E-state index in [1.165, 1.54) is 50.0 Å². The Labute approximate surface area is 124 Å². The molecule has 0 saturated carbocycles. The van der Waals surface area contributed by atoms with E-state index in [-0.39, 0.29) is 0 Å². The van der Waals surface area contributed by atoms with Crippen LogP contribution < -0.4 is 10.4 Å². The van der Waals surface area contributed by atoms with E-state index in [0.717, 1.165) is 0 Å². The molecule has 0 atom stereocenters. The SMILES string of the molecule is CC1(C)CCB(c2ccc(N3CCCC3)nc2)C1(C)C. The maximum absolute atomic E-state index is 4.74. The molecule has 0 bridgehead atoms. The van der Waals surface area contributed by atoms with E-state index in [2.05, 4.69) is 50.9 Å². The Morgan fingerprint density at radius 3 is 2.30 bits per heavy atom. The number of rotatable bonds is 2. The van der Waals surface area contributed by atoms with Gasteiger partial charge in [0, 0.05) is 19.3 Å². The fraction of sp³-hybridized carbons (Fsp3) is 0.706. The lowest BCUT2D eigenvalue weighted by Crippen LogP contribution is -2.40. The first-order valence-corrected chi connectivity index (χ1v) is 8.13. The zero-order valence-electron chi connectivity index (χ0n) is 13.4. The summed E-state index contributed by atoms with van der Waals surface area (Å²) in [5.74, 6) is 1.17. The van der Waals surface area contributed by atoms with Gasteiger partial charge < -0.3 is 4.90 Å². The Morgan fingerprint density at radius 2 is 1.80 bits per heavy atom. The van der Waals surface area contributed by atoms with Crippen molar-refractivity contribution in [2.45, 2.75) is 58.6 Å². The monoisotopic (exact) mass is 270 g/mol. The van der Waals surface area contributed by atoms with Crippen LogP contribution in [0.15, 0.2) is 18.3 Å². The quantitative estimate of drug-likeness (QED) is 0.763. The molecule has 0 amide bonds. The second-order valence-corrected chi connectivity index (χ2v) is 7.84. The van der Waals surface area contributed by atoms with Crippen LogP contribution in [-0.2, 0) is 0 Å². The third kappa shape index (κ3) is 2.15. The van der Waals surface area contributed by atoms with Crippen molar-refractivity contribution in [2.75, 3.05) is 18.0 Å². The Bertz CT molecular complexity index is 472. The highest BCUT2D eigenvalue weighted by molar-refractivity contribution is 6.76. The maximum atomic E-state index is 4.74. The third-order valence-corrected chi connectivity index (χ3v) is 6.28. The van der Waals surface area contributed by atoms with Crippen molar-refractivity contribution in [1.29, 1.82) is 0 Å². The summed E-state index contributed by atoms with van der Waals surface area (Å²) in [5.41, 5.74) is 1.86. The van der Waals surface area contributed by atoms with E-state index in [9.17, 15) is 0 Å². The molecule has 0 radical (unpaired) electrons. The predicted molar refractivity (Wildman–Crippen MR) is 88.3 cm³/mol. The van der Waals surface area contributed by atoms with Crippen molar-refractivity contribution in [1.82, 2.24) is 4.98 Å². The average molecular weight is 270 g/mol. The van der Waals surface area contributed by atoms with Crippen molar-refractivity contribution >= 4 is 18.0 Å². The molecule has 0 aromatic carbocycles. The minimum Gasteiger partial charge on any atom is -0.357 e. The molecule has 1 aromatic rings. The summed E-state index contributed by atoms with van der Waals surface area (Å²) in [6.07, 6.45) is 7.38. The van der Waals surface area contributed by atoms with E-state index in [1.807, 2.05) is 0 Å². The molecular weight excluding hydrogens is 243 g/mol. The van der Waals surface area contributed by atoms with Gasteiger partial charge in [0.25, 0.3) is 0 Å². The molecule has 0 unspecified atom stereocenters. The molecule has 2 saturated heterocycles. The predicted octanol–water partition coefficient (Wildman–Crippen LogP) is 3.59. The van der Waals surface area contributed by atoms with E-state index >= 15 is 0 Å². The molecule has 20 heavy (non-hydrogen) atoms. The third-order valence-electron chi connectivity index (χ3n) is 6.28. The van der Waals surface area contributed by atoms with Gasteiger partial charge in [-0.3, -0.25) is 0 Å². The minimum absolute atomic E-state index is 0.351. The fourth-order valence-electron chi connectivity index (χ4n) is 3.98. The normalized spacial score (nSPS) is 24.4. The van der Waals surface area contributed by atoms with Crippen molar-refractivity contribution in [3.05, 3.63) is 18.3 Å². The first-order valence-electron chi connectivity index (χ1n) is 8.13. The Morgan fingerprint density at radius 1 is 1.10 bits per heavy atom. The summed E-state index contributed by atoms with van der Waals surface area (Å²) in [5, 5.41) is 0.351.